The second-order valence-electron chi connectivity index (χ2n) is 3.88. The van der Waals surface area contributed by atoms with Crippen molar-refractivity contribution in [1.29, 1.82) is 0 Å². The van der Waals surface area contributed by atoms with Crippen LogP contribution in [0.3, 0.4) is 0 Å². The number of hydrogen-bond acceptors (Lipinski definition) is 3. The quantitative estimate of drug-likeness (QED) is 0.686. The number of anilines is 1. The maximum atomic E-state index is 6.11. The number of aryl methyl sites for hydroxylation is 2. The second-order valence-corrected chi connectivity index (χ2v) is 5.30. The van der Waals surface area contributed by atoms with Crippen molar-refractivity contribution in [2.75, 3.05) is 5.73 Å². The number of halogens is 1. The monoisotopic (exact) mass is 267 g/mol. The fourth-order valence-corrected chi connectivity index (χ4v) is 2.86. The summed E-state index contributed by atoms with van der Waals surface area (Å²) in [4.78, 5) is 1.01. The summed E-state index contributed by atoms with van der Waals surface area (Å²) in [5.74, 6) is 0.834. The zero-order chi connectivity index (χ0) is 12.4. The molecule has 0 fully saturated rings. The zero-order valence-electron chi connectivity index (χ0n) is 9.77. The number of benzene rings is 1. The van der Waals surface area contributed by atoms with Gasteiger partial charge in [-0.05, 0) is 31.2 Å². The molecular formula is C12H14ClN3S. The summed E-state index contributed by atoms with van der Waals surface area (Å²) in [5, 5.41) is 5.05. The van der Waals surface area contributed by atoms with E-state index in [0.717, 1.165) is 27.1 Å². The highest BCUT2D eigenvalue weighted by Crippen LogP contribution is 2.31. The van der Waals surface area contributed by atoms with Crippen LogP contribution in [0.5, 0.6) is 0 Å². The zero-order valence-corrected chi connectivity index (χ0v) is 11.3. The Bertz CT molecular complexity index is 537. The van der Waals surface area contributed by atoms with Gasteiger partial charge in [0.25, 0.3) is 0 Å². The lowest BCUT2D eigenvalue weighted by Gasteiger charge is -2.05. The predicted octanol–water partition coefficient (Wildman–Crippen LogP) is 3.26. The van der Waals surface area contributed by atoms with Crippen LogP contribution in [0.25, 0.3) is 0 Å². The van der Waals surface area contributed by atoms with Crippen LogP contribution in [0.1, 0.15) is 11.4 Å². The second kappa shape index (κ2) is 5.02. The first-order valence-corrected chi connectivity index (χ1v) is 6.60. The van der Waals surface area contributed by atoms with Gasteiger partial charge in [-0.15, -0.1) is 11.8 Å². The highest BCUT2D eigenvalue weighted by Gasteiger charge is 2.06. The number of nitrogens with zero attached hydrogens (tertiary/aromatic N) is 2. The van der Waals surface area contributed by atoms with Gasteiger partial charge in [0.15, 0.2) is 0 Å². The Balaban J connectivity index is 2.12. The van der Waals surface area contributed by atoms with Gasteiger partial charge in [0, 0.05) is 29.1 Å². The summed E-state index contributed by atoms with van der Waals surface area (Å²) in [6, 6.07) is 7.61. The van der Waals surface area contributed by atoms with Crippen molar-refractivity contribution >= 4 is 29.1 Å². The SMILES string of the molecule is Cc1cc(CSc2cc(N)ccc2Cl)n(C)n1. The molecule has 1 aromatic heterocycles. The van der Waals surface area contributed by atoms with Crippen LogP contribution in [0.2, 0.25) is 5.02 Å². The minimum absolute atomic E-state index is 0.734. The van der Waals surface area contributed by atoms with E-state index in [4.69, 9.17) is 17.3 Å². The lowest BCUT2D eigenvalue weighted by atomic mass is 10.3. The minimum atomic E-state index is 0.734. The average molecular weight is 268 g/mol. The molecule has 2 rings (SSSR count). The molecule has 0 spiro atoms. The smallest absolute Gasteiger partial charge is 0.0596 e. The first-order chi connectivity index (χ1) is 8.06. The maximum Gasteiger partial charge on any atom is 0.0596 e. The number of nitrogen functional groups attached to an aromatic ring is 1. The number of aromatic nitrogens is 2. The molecule has 90 valence electrons. The van der Waals surface area contributed by atoms with E-state index in [9.17, 15) is 0 Å². The van der Waals surface area contributed by atoms with Crippen LogP contribution < -0.4 is 5.73 Å². The molecule has 2 aromatic rings. The third kappa shape index (κ3) is 2.96. The number of thioether (sulfide) groups is 1. The molecule has 17 heavy (non-hydrogen) atoms. The molecule has 0 atom stereocenters. The Morgan fingerprint density at radius 2 is 2.18 bits per heavy atom. The summed E-state index contributed by atoms with van der Waals surface area (Å²) < 4.78 is 1.89. The highest BCUT2D eigenvalue weighted by molar-refractivity contribution is 7.98. The van der Waals surface area contributed by atoms with E-state index in [1.165, 1.54) is 5.69 Å². The van der Waals surface area contributed by atoms with Crippen LogP contribution in [-0.4, -0.2) is 9.78 Å². The summed E-state index contributed by atoms with van der Waals surface area (Å²) in [5.41, 5.74) is 8.68. The van der Waals surface area contributed by atoms with Gasteiger partial charge in [-0.1, -0.05) is 11.6 Å². The Morgan fingerprint density at radius 3 is 2.82 bits per heavy atom. The number of hydrogen-bond donors (Lipinski definition) is 1. The Hall–Kier alpha value is -1.13. The third-order valence-electron chi connectivity index (χ3n) is 2.43. The normalized spacial score (nSPS) is 10.8. The largest absolute Gasteiger partial charge is 0.399 e. The fraction of sp³-hybridized carbons (Fsp3) is 0.250. The average Bonchev–Trinajstić information content (AvgIpc) is 2.59. The Kier molecular flexibility index (Phi) is 3.64. The molecule has 0 amide bonds. The molecule has 0 radical (unpaired) electrons. The van der Waals surface area contributed by atoms with Crippen LogP contribution in [0, 0.1) is 6.92 Å². The van der Waals surface area contributed by atoms with Crippen molar-refractivity contribution in [3.63, 3.8) is 0 Å². The molecule has 3 nitrogen and oxygen atoms in total. The first kappa shape index (κ1) is 12.3. The maximum absolute atomic E-state index is 6.11. The van der Waals surface area contributed by atoms with Crippen LogP contribution in [-0.2, 0) is 12.8 Å². The van der Waals surface area contributed by atoms with Crippen molar-refractivity contribution in [3.8, 4) is 0 Å². The number of rotatable bonds is 3. The van der Waals surface area contributed by atoms with Crippen LogP contribution >= 0.6 is 23.4 Å². The molecule has 0 bridgehead atoms. The van der Waals surface area contributed by atoms with Gasteiger partial charge < -0.3 is 5.73 Å². The van der Waals surface area contributed by atoms with E-state index >= 15 is 0 Å². The van der Waals surface area contributed by atoms with Crippen LogP contribution in [0.15, 0.2) is 29.2 Å². The molecule has 0 saturated carbocycles. The lowest BCUT2D eigenvalue weighted by molar-refractivity contribution is 0.727. The minimum Gasteiger partial charge on any atom is -0.399 e. The van der Waals surface area contributed by atoms with E-state index in [1.54, 1.807) is 17.8 Å². The molecular weight excluding hydrogens is 254 g/mol. The summed E-state index contributed by atoms with van der Waals surface area (Å²) in [7, 11) is 1.95. The van der Waals surface area contributed by atoms with E-state index in [0.29, 0.717) is 0 Å². The molecule has 0 saturated heterocycles. The van der Waals surface area contributed by atoms with E-state index in [-0.39, 0.29) is 0 Å². The van der Waals surface area contributed by atoms with Crippen LogP contribution in [0.4, 0.5) is 5.69 Å². The fourth-order valence-electron chi connectivity index (χ4n) is 1.58. The topological polar surface area (TPSA) is 43.8 Å². The summed E-state index contributed by atoms with van der Waals surface area (Å²) in [6.07, 6.45) is 0. The molecule has 5 heteroatoms. The number of nitrogens with two attached hydrogens (primary N) is 1. The van der Waals surface area contributed by atoms with Gasteiger partial charge in [-0.3, -0.25) is 4.68 Å². The van der Waals surface area contributed by atoms with Gasteiger partial charge in [0.2, 0.25) is 0 Å². The molecule has 2 N–H and O–H groups in total. The van der Waals surface area contributed by atoms with Crippen molar-refractivity contribution in [1.82, 2.24) is 9.78 Å². The Morgan fingerprint density at radius 1 is 1.41 bits per heavy atom. The first-order valence-electron chi connectivity index (χ1n) is 5.23. The summed E-state index contributed by atoms with van der Waals surface area (Å²) >= 11 is 7.78. The Labute approximate surface area is 110 Å². The molecule has 1 aromatic carbocycles. The molecule has 0 aliphatic carbocycles. The van der Waals surface area contributed by atoms with Gasteiger partial charge >= 0.3 is 0 Å². The van der Waals surface area contributed by atoms with Crippen molar-refractivity contribution in [3.05, 3.63) is 40.7 Å². The molecule has 0 unspecified atom stereocenters. The predicted molar refractivity (Wildman–Crippen MR) is 73.4 cm³/mol. The standard InChI is InChI=1S/C12H14ClN3S/c1-8-5-10(16(2)15-8)7-17-12-6-9(14)3-4-11(12)13/h3-6H,7,14H2,1-2H3. The highest BCUT2D eigenvalue weighted by atomic mass is 35.5. The van der Waals surface area contributed by atoms with Gasteiger partial charge in [0.05, 0.1) is 10.7 Å². The van der Waals surface area contributed by atoms with E-state index in [1.807, 2.05) is 30.8 Å². The van der Waals surface area contributed by atoms with Crippen molar-refractivity contribution < 1.29 is 0 Å². The van der Waals surface area contributed by atoms with Gasteiger partial charge in [-0.2, -0.15) is 5.10 Å². The van der Waals surface area contributed by atoms with Crippen molar-refractivity contribution in [2.24, 2.45) is 7.05 Å². The van der Waals surface area contributed by atoms with Crippen molar-refractivity contribution in [2.45, 2.75) is 17.6 Å². The molecule has 1 heterocycles. The van der Waals surface area contributed by atoms with Gasteiger partial charge in [-0.25, -0.2) is 0 Å². The third-order valence-corrected chi connectivity index (χ3v) is 3.96. The van der Waals surface area contributed by atoms with E-state index in [2.05, 4.69) is 11.2 Å². The molecule has 0 aliphatic heterocycles. The summed E-state index contributed by atoms with van der Waals surface area (Å²) in [6.45, 7) is 1.99. The lowest BCUT2D eigenvalue weighted by Crippen LogP contribution is -1.96. The molecule has 0 aliphatic rings. The van der Waals surface area contributed by atoms with Gasteiger partial charge in [0.1, 0.15) is 0 Å². The van der Waals surface area contributed by atoms with E-state index < -0.39 is 0 Å².